The van der Waals surface area contributed by atoms with Crippen molar-refractivity contribution in [3.8, 4) is 10.6 Å². The van der Waals surface area contributed by atoms with Crippen LogP contribution < -0.4 is 0 Å². The van der Waals surface area contributed by atoms with Gasteiger partial charge in [0.1, 0.15) is 10.7 Å². The molecular weight excluding hydrogens is 354 g/mol. The average Bonchev–Trinajstić information content (AvgIpc) is 3.29. The molecule has 0 spiro atoms. The van der Waals surface area contributed by atoms with Crippen LogP contribution in [0.5, 0.6) is 0 Å². The van der Waals surface area contributed by atoms with Crippen LogP contribution in [0.1, 0.15) is 26.7 Å². The normalized spacial score (nSPS) is 13.7. The quantitative estimate of drug-likeness (QED) is 0.736. The number of hydrogen-bond donors (Lipinski definition) is 1. The molecule has 4 heterocycles. The summed E-state index contributed by atoms with van der Waals surface area (Å²) in [5, 5.41) is 15.9. The predicted octanol–water partition coefficient (Wildman–Crippen LogP) is 1.80. The second-order valence-electron chi connectivity index (χ2n) is 5.87. The molecule has 3 aromatic heterocycles. The maximum Gasteiger partial charge on any atom is 0.356 e. The van der Waals surface area contributed by atoms with Crippen LogP contribution in [0.15, 0.2) is 36.0 Å². The van der Waals surface area contributed by atoms with Crippen molar-refractivity contribution >= 4 is 23.2 Å². The van der Waals surface area contributed by atoms with Crippen molar-refractivity contribution in [2.45, 2.75) is 13.0 Å². The van der Waals surface area contributed by atoms with Crippen LogP contribution in [-0.4, -0.2) is 54.7 Å². The van der Waals surface area contributed by atoms with Crippen LogP contribution >= 0.6 is 11.3 Å². The SMILES string of the molecule is O=C(O)c1cc2n(n1)CCN(CCc1csc(-c3cccnc3)n1)C2=O. The lowest BCUT2D eigenvalue weighted by Crippen LogP contribution is -2.41. The number of thiazole rings is 1. The molecule has 8 nitrogen and oxygen atoms in total. The summed E-state index contributed by atoms with van der Waals surface area (Å²) in [6, 6.07) is 5.17. The van der Waals surface area contributed by atoms with Gasteiger partial charge in [-0.15, -0.1) is 11.3 Å². The molecular formula is C17H15N5O3S. The molecule has 0 saturated heterocycles. The van der Waals surface area contributed by atoms with E-state index in [-0.39, 0.29) is 11.6 Å². The number of rotatable bonds is 5. The number of hydrogen-bond acceptors (Lipinski definition) is 6. The summed E-state index contributed by atoms with van der Waals surface area (Å²) in [5.74, 6) is -1.32. The summed E-state index contributed by atoms with van der Waals surface area (Å²) in [5.41, 5.74) is 2.12. The van der Waals surface area contributed by atoms with E-state index < -0.39 is 5.97 Å². The Morgan fingerprint density at radius 2 is 2.23 bits per heavy atom. The summed E-state index contributed by atoms with van der Waals surface area (Å²) in [4.78, 5) is 34.0. The van der Waals surface area contributed by atoms with Gasteiger partial charge in [0, 0.05) is 48.9 Å². The Kier molecular flexibility index (Phi) is 4.21. The van der Waals surface area contributed by atoms with Gasteiger partial charge >= 0.3 is 5.97 Å². The molecule has 0 unspecified atom stereocenters. The van der Waals surface area contributed by atoms with Crippen LogP contribution in [-0.2, 0) is 13.0 Å². The summed E-state index contributed by atoms with van der Waals surface area (Å²) in [6.07, 6.45) is 4.14. The maximum absolute atomic E-state index is 12.5. The minimum atomic E-state index is -1.13. The summed E-state index contributed by atoms with van der Waals surface area (Å²) in [6.45, 7) is 1.53. The Bertz CT molecular complexity index is 966. The van der Waals surface area contributed by atoms with Gasteiger partial charge in [0.25, 0.3) is 5.91 Å². The fraction of sp³-hybridized carbons (Fsp3) is 0.235. The minimum absolute atomic E-state index is 0.101. The summed E-state index contributed by atoms with van der Waals surface area (Å²) >= 11 is 1.55. The Balaban J connectivity index is 1.43. The number of aromatic carboxylic acids is 1. The third kappa shape index (κ3) is 3.08. The molecule has 0 saturated carbocycles. The third-order valence-electron chi connectivity index (χ3n) is 4.19. The van der Waals surface area contributed by atoms with Gasteiger partial charge in [-0.3, -0.25) is 14.5 Å². The average molecular weight is 369 g/mol. The van der Waals surface area contributed by atoms with Crippen LogP contribution in [0, 0.1) is 0 Å². The topological polar surface area (TPSA) is 101 Å². The molecule has 26 heavy (non-hydrogen) atoms. The number of pyridine rings is 1. The Labute approximate surface area is 152 Å². The lowest BCUT2D eigenvalue weighted by molar-refractivity contribution is 0.0678. The van der Waals surface area contributed by atoms with Gasteiger partial charge in [-0.2, -0.15) is 5.10 Å². The second kappa shape index (κ2) is 6.68. The number of carbonyl (C=O) groups excluding carboxylic acids is 1. The molecule has 0 aliphatic carbocycles. The molecule has 0 bridgehead atoms. The number of carbonyl (C=O) groups is 2. The first-order valence-electron chi connectivity index (χ1n) is 8.07. The molecule has 0 atom stereocenters. The Morgan fingerprint density at radius 1 is 1.35 bits per heavy atom. The molecule has 0 aromatic carbocycles. The molecule has 1 aliphatic heterocycles. The molecule has 1 N–H and O–H groups in total. The Hall–Kier alpha value is -3.07. The predicted molar refractivity (Wildman–Crippen MR) is 94.1 cm³/mol. The smallest absolute Gasteiger partial charge is 0.356 e. The number of amides is 1. The number of carboxylic acid groups (broad SMARTS) is 1. The van der Waals surface area contributed by atoms with Gasteiger partial charge in [-0.1, -0.05) is 0 Å². The first-order valence-corrected chi connectivity index (χ1v) is 8.95. The van der Waals surface area contributed by atoms with Gasteiger partial charge in [-0.25, -0.2) is 9.78 Å². The van der Waals surface area contributed by atoms with E-state index >= 15 is 0 Å². The van der Waals surface area contributed by atoms with Crippen LogP contribution in [0.2, 0.25) is 0 Å². The van der Waals surface area contributed by atoms with E-state index in [1.807, 2.05) is 17.5 Å². The first-order chi connectivity index (χ1) is 12.6. The van der Waals surface area contributed by atoms with E-state index in [4.69, 9.17) is 5.11 Å². The molecule has 4 rings (SSSR count). The van der Waals surface area contributed by atoms with Gasteiger partial charge in [0.15, 0.2) is 5.69 Å². The van der Waals surface area contributed by atoms with Crippen molar-refractivity contribution < 1.29 is 14.7 Å². The zero-order chi connectivity index (χ0) is 18.1. The number of fused-ring (bicyclic) bond motifs is 1. The molecule has 0 radical (unpaired) electrons. The standard InChI is InChI=1S/C17H15N5O3S/c23-16-14-8-13(17(24)25)20-22(14)7-6-21(16)5-3-12-10-26-15(19-12)11-2-1-4-18-9-11/h1-2,4,8-10H,3,5-7H2,(H,24,25). The molecule has 3 aromatic rings. The lowest BCUT2D eigenvalue weighted by Gasteiger charge is -2.27. The van der Waals surface area contributed by atoms with Crippen LogP contribution in [0.25, 0.3) is 10.6 Å². The summed E-state index contributed by atoms with van der Waals surface area (Å²) in [7, 11) is 0. The number of aromatic nitrogens is 4. The highest BCUT2D eigenvalue weighted by molar-refractivity contribution is 7.13. The van der Waals surface area contributed by atoms with Gasteiger partial charge in [-0.05, 0) is 12.1 Å². The Morgan fingerprint density at radius 3 is 3.00 bits per heavy atom. The maximum atomic E-state index is 12.5. The highest BCUT2D eigenvalue weighted by atomic mass is 32.1. The number of nitrogens with zero attached hydrogens (tertiary/aromatic N) is 5. The largest absolute Gasteiger partial charge is 0.476 e. The summed E-state index contributed by atoms with van der Waals surface area (Å²) < 4.78 is 1.46. The first kappa shape index (κ1) is 16.4. The molecule has 0 fully saturated rings. The van der Waals surface area contributed by atoms with Crippen molar-refractivity contribution in [2.75, 3.05) is 13.1 Å². The lowest BCUT2D eigenvalue weighted by atomic mass is 10.2. The van der Waals surface area contributed by atoms with Crippen molar-refractivity contribution in [1.29, 1.82) is 0 Å². The fourth-order valence-electron chi connectivity index (χ4n) is 2.85. The van der Waals surface area contributed by atoms with Crippen molar-refractivity contribution in [1.82, 2.24) is 24.6 Å². The van der Waals surface area contributed by atoms with E-state index in [1.54, 1.807) is 28.6 Å². The zero-order valence-corrected chi connectivity index (χ0v) is 14.5. The second-order valence-corrected chi connectivity index (χ2v) is 6.73. The van der Waals surface area contributed by atoms with Crippen molar-refractivity contribution in [2.24, 2.45) is 0 Å². The van der Waals surface area contributed by atoms with E-state index in [0.29, 0.717) is 31.7 Å². The number of carboxylic acids is 1. The van der Waals surface area contributed by atoms with Crippen molar-refractivity contribution in [3.63, 3.8) is 0 Å². The molecule has 132 valence electrons. The van der Waals surface area contributed by atoms with Crippen LogP contribution in [0.3, 0.4) is 0 Å². The molecule has 1 aliphatic rings. The molecule has 1 amide bonds. The fourth-order valence-corrected chi connectivity index (χ4v) is 3.69. The monoisotopic (exact) mass is 369 g/mol. The van der Waals surface area contributed by atoms with Gasteiger partial charge in [0.05, 0.1) is 12.2 Å². The van der Waals surface area contributed by atoms with Crippen molar-refractivity contribution in [3.05, 3.63) is 53.1 Å². The molecule has 9 heteroatoms. The van der Waals surface area contributed by atoms with Gasteiger partial charge < -0.3 is 10.0 Å². The van der Waals surface area contributed by atoms with E-state index in [9.17, 15) is 9.59 Å². The highest BCUT2D eigenvalue weighted by Crippen LogP contribution is 2.23. The van der Waals surface area contributed by atoms with Gasteiger partial charge in [0.2, 0.25) is 0 Å². The highest BCUT2D eigenvalue weighted by Gasteiger charge is 2.27. The third-order valence-corrected chi connectivity index (χ3v) is 5.13. The van der Waals surface area contributed by atoms with E-state index in [0.717, 1.165) is 16.3 Å². The minimum Gasteiger partial charge on any atom is -0.476 e. The van der Waals surface area contributed by atoms with E-state index in [2.05, 4.69) is 15.1 Å². The zero-order valence-electron chi connectivity index (χ0n) is 13.7. The van der Waals surface area contributed by atoms with E-state index in [1.165, 1.54) is 10.7 Å². The van der Waals surface area contributed by atoms with Crippen LogP contribution in [0.4, 0.5) is 0 Å².